The van der Waals surface area contributed by atoms with Gasteiger partial charge in [0.25, 0.3) is 5.91 Å². The minimum atomic E-state index is -0.303. The van der Waals surface area contributed by atoms with Crippen molar-refractivity contribution in [3.8, 4) is 0 Å². The van der Waals surface area contributed by atoms with Gasteiger partial charge >= 0.3 is 0 Å². The molecular weight excluding hydrogens is 210 g/mol. The first-order chi connectivity index (χ1) is 7.69. The van der Waals surface area contributed by atoms with Gasteiger partial charge in [-0.3, -0.25) is 9.59 Å². The lowest BCUT2D eigenvalue weighted by Crippen LogP contribution is -2.40. The predicted molar refractivity (Wildman–Crippen MR) is 56.6 cm³/mol. The van der Waals surface area contributed by atoms with Gasteiger partial charge < -0.3 is 10.2 Å². The van der Waals surface area contributed by atoms with Gasteiger partial charge in [0.1, 0.15) is 0 Å². The molecule has 7 nitrogen and oxygen atoms in total. The molecule has 1 aromatic heterocycles. The molecule has 16 heavy (non-hydrogen) atoms. The maximum Gasteiger partial charge on any atom is 0.276 e. The van der Waals surface area contributed by atoms with Crippen LogP contribution in [0.15, 0.2) is 6.20 Å². The molecule has 0 unspecified atom stereocenters. The summed E-state index contributed by atoms with van der Waals surface area (Å²) in [6.07, 6.45) is 1.34. The van der Waals surface area contributed by atoms with Crippen molar-refractivity contribution in [2.45, 2.75) is 13.8 Å². The second kappa shape index (κ2) is 5.84. The molecule has 0 aliphatic heterocycles. The zero-order valence-electron chi connectivity index (χ0n) is 9.36. The molecule has 0 aliphatic rings. The van der Waals surface area contributed by atoms with Crippen LogP contribution in [0.4, 0.5) is 0 Å². The average molecular weight is 225 g/mol. The number of rotatable bonds is 5. The molecule has 2 N–H and O–H groups in total. The number of hydrogen-bond acceptors (Lipinski definition) is 4. The number of nitrogens with one attached hydrogen (secondary N) is 2. The van der Waals surface area contributed by atoms with E-state index in [-0.39, 0.29) is 24.1 Å². The highest BCUT2D eigenvalue weighted by atomic mass is 16.2. The fourth-order valence-electron chi connectivity index (χ4n) is 1.22. The number of amides is 2. The molecule has 1 aromatic rings. The average Bonchev–Trinajstić information content (AvgIpc) is 2.78. The summed E-state index contributed by atoms with van der Waals surface area (Å²) in [6, 6.07) is 0. The largest absolute Gasteiger partial charge is 0.355 e. The van der Waals surface area contributed by atoms with Gasteiger partial charge in [0.2, 0.25) is 5.91 Å². The summed E-state index contributed by atoms with van der Waals surface area (Å²) in [5.74, 6) is -0.483. The first-order valence-electron chi connectivity index (χ1n) is 5.10. The Labute approximate surface area is 93.2 Å². The molecule has 0 saturated heterocycles. The number of carbonyl (C=O) groups excluding carboxylic acids is 2. The van der Waals surface area contributed by atoms with Gasteiger partial charge in [-0.1, -0.05) is 0 Å². The molecule has 88 valence electrons. The Morgan fingerprint density at radius 3 is 2.75 bits per heavy atom. The second-order valence-electron chi connectivity index (χ2n) is 3.13. The summed E-state index contributed by atoms with van der Waals surface area (Å²) in [7, 11) is 0. The molecule has 0 spiro atoms. The first-order valence-corrected chi connectivity index (χ1v) is 5.10. The smallest absolute Gasteiger partial charge is 0.276 e. The number of carbonyl (C=O) groups is 2. The number of likely N-dealkylation sites (N-methyl/N-ethyl adjacent to an activating group) is 2. The van der Waals surface area contributed by atoms with Crippen LogP contribution in [0, 0.1) is 0 Å². The predicted octanol–water partition coefficient (Wildman–Crippen LogP) is -0.597. The molecule has 0 aromatic carbocycles. The highest BCUT2D eigenvalue weighted by molar-refractivity contribution is 5.94. The van der Waals surface area contributed by atoms with Crippen molar-refractivity contribution in [3.63, 3.8) is 0 Å². The van der Waals surface area contributed by atoms with Crippen molar-refractivity contribution in [1.29, 1.82) is 0 Å². The molecule has 0 saturated carbocycles. The Morgan fingerprint density at radius 2 is 2.25 bits per heavy atom. The minimum absolute atomic E-state index is 0.0377. The molecular formula is C9H15N5O2. The number of H-pyrrole nitrogens is 1. The van der Waals surface area contributed by atoms with Crippen LogP contribution >= 0.6 is 0 Å². The van der Waals surface area contributed by atoms with Crippen molar-refractivity contribution in [2.75, 3.05) is 19.6 Å². The van der Waals surface area contributed by atoms with E-state index in [2.05, 4.69) is 20.7 Å². The number of hydrogen-bond donors (Lipinski definition) is 2. The summed E-state index contributed by atoms with van der Waals surface area (Å²) >= 11 is 0. The van der Waals surface area contributed by atoms with Crippen molar-refractivity contribution in [3.05, 3.63) is 11.9 Å². The van der Waals surface area contributed by atoms with E-state index in [1.807, 2.05) is 6.92 Å². The third-order valence-corrected chi connectivity index (χ3v) is 2.01. The van der Waals surface area contributed by atoms with Crippen LogP contribution < -0.4 is 5.32 Å². The van der Waals surface area contributed by atoms with Gasteiger partial charge in [0.05, 0.1) is 12.7 Å². The lowest BCUT2D eigenvalue weighted by molar-refractivity contribution is -0.121. The van der Waals surface area contributed by atoms with Gasteiger partial charge in [0, 0.05) is 13.1 Å². The standard InChI is InChI=1S/C9H15N5O2/c1-3-10-8(15)6-14(4-2)9(16)7-5-11-13-12-7/h5H,3-4,6H2,1-2H3,(H,10,15)(H,11,12,13). The maximum absolute atomic E-state index is 11.8. The molecule has 7 heteroatoms. The third kappa shape index (κ3) is 3.04. The normalized spacial score (nSPS) is 9.88. The maximum atomic E-state index is 11.8. The fraction of sp³-hybridized carbons (Fsp3) is 0.556. The second-order valence-corrected chi connectivity index (χ2v) is 3.13. The van der Waals surface area contributed by atoms with Crippen LogP contribution in [0.5, 0.6) is 0 Å². The van der Waals surface area contributed by atoms with Crippen LogP contribution in [0.3, 0.4) is 0 Å². The van der Waals surface area contributed by atoms with Crippen LogP contribution in [0.2, 0.25) is 0 Å². The Kier molecular flexibility index (Phi) is 4.43. The van der Waals surface area contributed by atoms with Crippen LogP contribution in [0.25, 0.3) is 0 Å². The van der Waals surface area contributed by atoms with E-state index in [9.17, 15) is 9.59 Å². The van der Waals surface area contributed by atoms with Gasteiger partial charge in [-0.2, -0.15) is 15.4 Å². The molecule has 0 radical (unpaired) electrons. The molecule has 0 bridgehead atoms. The summed E-state index contributed by atoms with van der Waals surface area (Å²) in [6.45, 7) is 4.66. The van der Waals surface area contributed by atoms with E-state index in [0.29, 0.717) is 13.1 Å². The zero-order valence-corrected chi connectivity index (χ0v) is 9.36. The Morgan fingerprint density at radius 1 is 1.50 bits per heavy atom. The van der Waals surface area contributed by atoms with Crippen LogP contribution in [-0.4, -0.2) is 51.8 Å². The van der Waals surface area contributed by atoms with Gasteiger partial charge in [0.15, 0.2) is 5.69 Å². The number of aromatic nitrogens is 3. The van der Waals surface area contributed by atoms with Crippen molar-refractivity contribution in [2.24, 2.45) is 0 Å². The highest BCUT2D eigenvalue weighted by Gasteiger charge is 2.18. The number of nitrogens with zero attached hydrogens (tertiary/aromatic N) is 3. The van der Waals surface area contributed by atoms with Crippen LogP contribution in [-0.2, 0) is 4.79 Å². The topological polar surface area (TPSA) is 91.0 Å². The molecule has 0 atom stereocenters. The van der Waals surface area contributed by atoms with E-state index < -0.39 is 0 Å². The lowest BCUT2D eigenvalue weighted by atomic mass is 10.3. The van der Waals surface area contributed by atoms with Crippen molar-refractivity contribution in [1.82, 2.24) is 25.6 Å². The van der Waals surface area contributed by atoms with Crippen molar-refractivity contribution >= 4 is 11.8 Å². The monoisotopic (exact) mass is 225 g/mol. The van der Waals surface area contributed by atoms with Crippen LogP contribution in [0.1, 0.15) is 24.3 Å². The Bertz CT molecular complexity index is 349. The summed E-state index contributed by atoms with van der Waals surface area (Å²) in [5, 5.41) is 12.2. The van der Waals surface area contributed by atoms with E-state index in [1.165, 1.54) is 11.1 Å². The molecule has 0 aliphatic carbocycles. The molecule has 1 heterocycles. The van der Waals surface area contributed by atoms with Crippen molar-refractivity contribution < 1.29 is 9.59 Å². The summed E-state index contributed by atoms with van der Waals surface area (Å²) in [5.41, 5.74) is 0.214. The highest BCUT2D eigenvalue weighted by Crippen LogP contribution is 1.98. The fourth-order valence-corrected chi connectivity index (χ4v) is 1.22. The minimum Gasteiger partial charge on any atom is -0.355 e. The Balaban J connectivity index is 2.61. The number of aromatic amines is 1. The van der Waals surface area contributed by atoms with E-state index in [1.54, 1.807) is 6.92 Å². The van der Waals surface area contributed by atoms with Gasteiger partial charge in [-0.25, -0.2) is 0 Å². The van der Waals surface area contributed by atoms with E-state index in [4.69, 9.17) is 0 Å². The Hall–Kier alpha value is -1.92. The molecule has 0 fully saturated rings. The van der Waals surface area contributed by atoms with Gasteiger partial charge in [-0.15, -0.1) is 0 Å². The van der Waals surface area contributed by atoms with Gasteiger partial charge in [-0.05, 0) is 13.8 Å². The van der Waals surface area contributed by atoms with E-state index >= 15 is 0 Å². The van der Waals surface area contributed by atoms with E-state index in [0.717, 1.165) is 0 Å². The third-order valence-electron chi connectivity index (χ3n) is 2.01. The molecule has 2 amide bonds. The first kappa shape index (κ1) is 12.2. The lowest BCUT2D eigenvalue weighted by Gasteiger charge is -2.18. The summed E-state index contributed by atoms with van der Waals surface area (Å²) in [4.78, 5) is 24.5. The summed E-state index contributed by atoms with van der Waals surface area (Å²) < 4.78 is 0. The molecule has 1 rings (SSSR count). The quantitative estimate of drug-likeness (QED) is 0.700. The SMILES string of the molecule is CCNC(=O)CN(CC)C(=O)c1cn[nH]n1. The zero-order chi connectivity index (χ0) is 12.0.